The Kier molecular flexibility index (Phi) is 4.37. The van der Waals surface area contributed by atoms with Crippen LogP contribution in [0.1, 0.15) is 29.3 Å². The largest absolute Gasteiger partial charge is 0.496 e. The molecule has 1 N–H and O–H groups in total. The van der Waals surface area contributed by atoms with E-state index < -0.39 is 12.1 Å². The standard InChI is InChI=1S/C15H16O6/c1-9(13-4-5-14(21-13)15(16)17)20-12-7-10(18-2)6-11(8-12)19-3/h4-9H,1-3H3,(H,16,17). The van der Waals surface area contributed by atoms with Gasteiger partial charge in [0.25, 0.3) is 0 Å². The van der Waals surface area contributed by atoms with Gasteiger partial charge in [-0.1, -0.05) is 0 Å². The first-order valence-electron chi connectivity index (χ1n) is 6.26. The van der Waals surface area contributed by atoms with Gasteiger partial charge in [-0.3, -0.25) is 0 Å². The van der Waals surface area contributed by atoms with Gasteiger partial charge >= 0.3 is 5.97 Å². The molecule has 0 radical (unpaired) electrons. The maximum Gasteiger partial charge on any atom is 0.371 e. The zero-order chi connectivity index (χ0) is 15.4. The van der Waals surface area contributed by atoms with Crippen molar-refractivity contribution >= 4 is 5.97 Å². The number of carbonyl (C=O) groups is 1. The molecule has 21 heavy (non-hydrogen) atoms. The first-order valence-corrected chi connectivity index (χ1v) is 6.26. The van der Waals surface area contributed by atoms with Crippen LogP contribution in [-0.2, 0) is 0 Å². The van der Waals surface area contributed by atoms with Gasteiger partial charge < -0.3 is 23.7 Å². The van der Waals surface area contributed by atoms with Gasteiger partial charge in [-0.2, -0.15) is 0 Å². The van der Waals surface area contributed by atoms with Crippen molar-refractivity contribution in [3.8, 4) is 17.2 Å². The number of carboxylic acids is 1. The Morgan fingerprint density at radius 2 is 1.67 bits per heavy atom. The van der Waals surface area contributed by atoms with Crippen LogP contribution in [0, 0.1) is 0 Å². The van der Waals surface area contributed by atoms with Crippen LogP contribution < -0.4 is 14.2 Å². The fraction of sp³-hybridized carbons (Fsp3) is 0.267. The highest BCUT2D eigenvalue weighted by molar-refractivity contribution is 5.84. The van der Waals surface area contributed by atoms with Crippen molar-refractivity contribution in [1.29, 1.82) is 0 Å². The molecule has 0 amide bonds. The van der Waals surface area contributed by atoms with Gasteiger partial charge in [0.15, 0.2) is 6.10 Å². The number of rotatable bonds is 6. The van der Waals surface area contributed by atoms with Crippen molar-refractivity contribution in [3.05, 3.63) is 41.9 Å². The van der Waals surface area contributed by atoms with E-state index in [4.69, 9.17) is 23.7 Å². The molecule has 0 aliphatic carbocycles. The number of ether oxygens (including phenoxy) is 3. The second-order valence-electron chi connectivity index (χ2n) is 4.32. The lowest BCUT2D eigenvalue weighted by Gasteiger charge is -2.14. The quantitative estimate of drug-likeness (QED) is 0.881. The average molecular weight is 292 g/mol. The molecule has 2 aromatic rings. The molecule has 1 aromatic carbocycles. The predicted molar refractivity (Wildman–Crippen MR) is 74.3 cm³/mol. The summed E-state index contributed by atoms with van der Waals surface area (Å²) in [5.41, 5.74) is 0. The molecule has 0 bridgehead atoms. The van der Waals surface area contributed by atoms with E-state index in [0.29, 0.717) is 23.0 Å². The summed E-state index contributed by atoms with van der Waals surface area (Å²) in [5.74, 6) is 0.922. The minimum absolute atomic E-state index is 0.122. The molecule has 6 heteroatoms. The van der Waals surface area contributed by atoms with Crippen molar-refractivity contribution < 1.29 is 28.5 Å². The van der Waals surface area contributed by atoms with Gasteiger partial charge in [-0.25, -0.2) is 4.79 Å². The van der Waals surface area contributed by atoms with Gasteiger partial charge in [0, 0.05) is 18.2 Å². The number of furan rings is 1. The second kappa shape index (κ2) is 6.21. The third-order valence-corrected chi connectivity index (χ3v) is 2.88. The molecule has 6 nitrogen and oxygen atoms in total. The average Bonchev–Trinajstić information content (AvgIpc) is 2.97. The Morgan fingerprint density at radius 1 is 1.10 bits per heavy atom. The molecule has 0 spiro atoms. The Labute approximate surface area is 121 Å². The Balaban J connectivity index is 2.18. The molecule has 0 saturated carbocycles. The van der Waals surface area contributed by atoms with E-state index in [-0.39, 0.29) is 5.76 Å². The van der Waals surface area contributed by atoms with Crippen molar-refractivity contribution in [2.24, 2.45) is 0 Å². The highest BCUT2D eigenvalue weighted by atomic mass is 16.5. The van der Waals surface area contributed by atoms with E-state index in [1.807, 2.05) is 0 Å². The third kappa shape index (κ3) is 3.47. The van der Waals surface area contributed by atoms with Gasteiger partial charge in [0.2, 0.25) is 5.76 Å². The molecule has 0 fully saturated rings. The SMILES string of the molecule is COc1cc(OC)cc(OC(C)c2ccc(C(=O)O)o2)c1. The molecule has 1 heterocycles. The zero-order valence-electron chi connectivity index (χ0n) is 12.0. The van der Waals surface area contributed by atoms with Crippen molar-refractivity contribution in [2.45, 2.75) is 13.0 Å². The summed E-state index contributed by atoms with van der Waals surface area (Å²) in [6, 6.07) is 8.11. The van der Waals surface area contributed by atoms with Gasteiger partial charge in [-0.05, 0) is 19.1 Å². The minimum Gasteiger partial charge on any atom is -0.496 e. The number of hydrogen-bond acceptors (Lipinski definition) is 5. The third-order valence-electron chi connectivity index (χ3n) is 2.88. The molecular formula is C15H16O6. The summed E-state index contributed by atoms with van der Waals surface area (Å²) < 4.78 is 21.3. The van der Waals surface area contributed by atoms with Gasteiger partial charge in [0.1, 0.15) is 23.0 Å². The van der Waals surface area contributed by atoms with Crippen LogP contribution >= 0.6 is 0 Å². The van der Waals surface area contributed by atoms with Crippen LogP contribution in [0.15, 0.2) is 34.7 Å². The lowest BCUT2D eigenvalue weighted by molar-refractivity contribution is 0.0655. The van der Waals surface area contributed by atoms with Crippen molar-refractivity contribution in [3.63, 3.8) is 0 Å². The fourth-order valence-electron chi connectivity index (χ4n) is 1.80. The van der Waals surface area contributed by atoms with E-state index in [2.05, 4.69) is 0 Å². The minimum atomic E-state index is -1.11. The molecule has 1 unspecified atom stereocenters. The van der Waals surface area contributed by atoms with Crippen LogP contribution in [0.5, 0.6) is 17.2 Å². The summed E-state index contributed by atoms with van der Waals surface area (Å²) in [6.45, 7) is 1.76. The summed E-state index contributed by atoms with van der Waals surface area (Å²) in [7, 11) is 3.10. The van der Waals surface area contributed by atoms with E-state index in [1.54, 1.807) is 45.4 Å². The monoisotopic (exact) mass is 292 g/mol. The smallest absolute Gasteiger partial charge is 0.371 e. The molecule has 2 rings (SSSR count). The van der Waals surface area contributed by atoms with Crippen molar-refractivity contribution in [2.75, 3.05) is 14.2 Å². The Bertz CT molecular complexity index is 609. The molecule has 1 aromatic heterocycles. The highest BCUT2D eigenvalue weighted by Gasteiger charge is 2.16. The lowest BCUT2D eigenvalue weighted by Crippen LogP contribution is -2.02. The van der Waals surface area contributed by atoms with Gasteiger partial charge in [-0.15, -0.1) is 0 Å². The maximum absolute atomic E-state index is 10.8. The lowest BCUT2D eigenvalue weighted by atomic mass is 10.2. The first-order chi connectivity index (χ1) is 10.0. The van der Waals surface area contributed by atoms with Gasteiger partial charge in [0.05, 0.1) is 14.2 Å². The molecule has 112 valence electrons. The van der Waals surface area contributed by atoms with Crippen molar-refractivity contribution in [1.82, 2.24) is 0 Å². The zero-order valence-corrected chi connectivity index (χ0v) is 12.0. The summed E-state index contributed by atoms with van der Waals surface area (Å²) in [4.78, 5) is 10.8. The fourth-order valence-corrected chi connectivity index (χ4v) is 1.80. The first kappa shape index (κ1) is 14.8. The number of methoxy groups -OCH3 is 2. The van der Waals surface area contributed by atoms with Crippen LogP contribution in [0.2, 0.25) is 0 Å². The Morgan fingerprint density at radius 3 is 2.14 bits per heavy atom. The molecule has 0 aliphatic rings. The predicted octanol–water partition coefficient (Wildman–Crippen LogP) is 3.14. The normalized spacial score (nSPS) is 11.8. The molecule has 1 atom stereocenters. The Hall–Kier alpha value is -2.63. The molecular weight excluding hydrogens is 276 g/mol. The summed E-state index contributed by atoms with van der Waals surface area (Å²) in [6.07, 6.45) is -0.449. The van der Waals surface area contributed by atoms with E-state index in [1.165, 1.54) is 6.07 Å². The summed E-state index contributed by atoms with van der Waals surface area (Å²) >= 11 is 0. The van der Waals surface area contributed by atoms with Crippen LogP contribution in [0.25, 0.3) is 0 Å². The molecule has 0 aliphatic heterocycles. The van der Waals surface area contributed by atoms with Crippen LogP contribution in [0.3, 0.4) is 0 Å². The van der Waals surface area contributed by atoms with Crippen LogP contribution in [-0.4, -0.2) is 25.3 Å². The number of hydrogen-bond donors (Lipinski definition) is 1. The van der Waals surface area contributed by atoms with Crippen LogP contribution in [0.4, 0.5) is 0 Å². The second-order valence-corrected chi connectivity index (χ2v) is 4.32. The summed E-state index contributed by atoms with van der Waals surface area (Å²) in [5, 5.41) is 8.84. The number of carboxylic acid groups (broad SMARTS) is 1. The topological polar surface area (TPSA) is 78.1 Å². The highest BCUT2D eigenvalue weighted by Crippen LogP contribution is 2.31. The van der Waals surface area contributed by atoms with E-state index >= 15 is 0 Å². The maximum atomic E-state index is 10.8. The van der Waals surface area contributed by atoms with E-state index in [0.717, 1.165) is 0 Å². The molecule has 0 saturated heterocycles. The number of aromatic carboxylic acids is 1. The number of benzene rings is 1. The van der Waals surface area contributed by atoms with E-state index in [9.17, 15) is 4.79 Å².